The van der Waals surface area contributed by atoms with Crippen LogP contribution in [0, 0.1) is 0 Å². The maximum atomic E-state index is 12.5. The van der Waals surface area contributed by atoms with E-state index in [2.05, 4.69) is 30.5 Å². The third kappa shape index (κ3) is 33.1. The number of carboxylic acids is 1. The molecule has 288 valence electrons. The first-order chi connectivity index (χ1) is 23.6. The van der Waals surface area contributed by atoms with Gasteiger partial charge in [0.2, 0.25) is 0 Å². The number of aliphatic carboxylic acids is 1. The summed E-state index contributed by atoms with van der Waals surface area (Å²) in [6, 6.07) is -1.52. The number of phosphoric acid groups is 1. The normalized spacial score (nSPS) is 14.0. The van der Waals surface area contributed by atoms with Crippen LogP contribution in [-0.4, -0.2) is 59.9 Å². The highest BCUT2D eigenvalue weighted by molar-refractivity contribution is 7.47. The Balaban J connectivity index is 4.32. The van der Waals surface area contributed by atoms with Crippen molar-refractivity contribution >= 4 is 25.7 Å². The van der Waals surface area contributed by atoms with Gasteiger partial charge in [0.15, 0.2) is 6.10 Å². The van der Waals surface area contributed by atoms with E-state index >= 15 is 0 Å². The lowest BCUT2D eigenvalue weighted by atomic mass is 10.1. The van der Waals surface area contributed by atoms with E-state index in [0.29, 0.717) is 12.8 Å². The van der Waals surface area contributed by atoms with E-state index in [-0.39, 0.29) is 19.4 Å². The Bertz CT molecular complexity index is 900. The molecule has 0 aromatic heterocycles. The summed E-state index contributed by atoms with van der Waals surface area (Å²) in [6.45, 7) is 2.73. The molecule has 0 amide bonds. The molecule has 11 nitrogen and oxygen atoms in total. The average molecular weight is 720 g/mol. The number of hydrogen-bond acceptors (Lipinski definition) is 9. The number of phosphoric ester groups is 1. The molecule has 0 saturated heterocycles. The van der Waals surface area contributed by atoms with Gasteiger partial charge in [0.25, 0.3) is 0 Å². The summed E-state index contributed by atoms with van der Waals surface area (Å²) in [5.41, 5.74) is 5.30. The third-order valence-electron chi connectivity index (χ3n) is 8.26. The molecule has 0 aliphatic carbocycles. The van der Waals surface area contributed by atoms with E-state index in [9.17, 15) is 23.8 Å². The molecule has 0 saturated carbocycles. The standard InChI is InChI=1S/C37H70NO10P/c1-3-5-7-9-11-12-13-14-15-16-17-18-19-20-21-23-25-27-29-36(40)48-33(31-46-49(43,44)47-32-34(38)37(41)42)30-45-35(39)28-26-24-22-10-8-6-4-2/h15-16,33-34H,3-14,17-32,38H2,1-2H3,(H,41,42)(H,43,44)/b16-15-. The molecule has 0 aromatic rings. The minimum absolute atomic E-state index is 0.159. The highest BCUT2D eigenvalue weighted by atomic mass is 31.2. The van der Waals surface area contributed by atoms with E-state index in [1.54, 1.807) is 0 Å². The van der Waals surface area contributed by atoms with Gasteiger partial charge >= 0.3 is 25.7 Å². The minimum Gasteiger partial charge on any atom is -0.480 e. The van der Waals surface area contributed by atoms with E-state index < -0.39 is 51.1 Å². The van der Waals surface area contributed by atoms with Crippen LogP contribution in [0.2, 0.25) is 0 Å². The number of unbranched alkanes of at least 4 members (excludes halogenated alkanes) is 20. The first-order valence-electron chi connectivity index (χ1n) is 19.2. The number of rotatable bonds is 36. The van der Waals surface area contributed by atoms with E-state index in [1.165, 1.54) is 89.9 Å². The molecule has 0 radical (unpaired) electrons. The Hall–Kier alpha value is -1.78. The van der Waals surface area contributed by atoms with Crippen molar-refractivity contribution in [3.8, 4) is 0 Å². The number of carbonyl (C=O) groups is 3. The van der Waals surface area contributed by atoms with Crippen LogP contribution in [0.1, 0.15) is 174 Å². The molecule has 4 N–H and O–H groups in total. The second kappa shape index (κ2) is 33.4. The first-order valence-corrected chi connectivity index (χ1v) is 20.7. The molecule has 0 aliphatic rings. The average Bonchev–Trinajstić information content (AvgIpc) is 3.07. The van der Waals surface area contributed by atoms with Crippen LogP contribution in [-0.2, 0) is 37.5 Å². The highest BCUT2D eigenvalue weighted by Gasteiger charge is 2.28. The van der Waals surface area contributed by atoms with Crippen LogP contribution < -0.4 is 5.73 Å². The van der Waals surface area contributed by atoms with E-state index in [4.69, 9.17) is 24.8 Å². The van der Waals surface area contributed by atoms with Gasteiger partial charge in [-0.15, -0.1) is 0 Å². The predicted molar refractivity (Wildman–Crippen MR) is 194 cm³/mol. The van der Waals surface area contributed by atoms with Crippen LogP contribution in [0.5, 0.6) is 0 Å². The second-order valence-electron chi connectivity index (χ2n) is 13.1. The van der Waals surface area contributed by atoms with E-state index in [1.807, 2.05) is 0 Å². The fraction of sp³-hybridized carbons (Fsp3) is 0.865. The molecule has 0 bridgehead atoms. The quantitative estimate of drug-likeness (QED) is 0.0244. The Labute approximate surface area is 297 Å². The van der Waals surface area contributed by atoms with Crippen molar-refractivity contribution < 1.29 is 47.5 Å². The second-order valence-corrected chi connectivity index (χ2v) is 14.5. The lowest BCUT2D eigenvalue weighted by molar-refractivity contribution is -0.161. The van der Waals surface area contributed by atoms with Crippen LogP contribution in [0.3, 0.4) is 0 Å². The van der Waals surface area contributed by atoms with Gasteiger partial charge in [-0.05, 0) is 38.5 Å². The van der Waals surface area contributed by atoms with Crippen molar-refractivity contribution in [3.05, 3.63) is 12.2 Å². The van der Waals surface area contributed by atoms with Crippen molar-refractivity contribution in [1.29, 1.82) is 0 Å². The molecule has 0 spiro atoms. The molecule has 0 heterocycles. The van der Waals surface area contributed by atoms with Gasteiger partial charge in [-0.3, -0.25) is 23.4 Å². The zero-order valence-electron chi connectivity index (χ0n) is 30.8. The molecule has 0 rings (SSSR count). The summed E-state index contributed by atoms with van der Waals surface area (Å²) in [4.78, 5) is 45.6. The molecule has 0 fully saturated rings. The zero-order valence-corrected chi connectivity index (χ0v) is 31.7. The topological polar surface area (TPSA) is 172 Å². The monoisotopic (exact) mass is 719 g/mol. The number of carboxylic acid groups (broad SMARTS) is 1. The zero-order chi connectivity index (χ0) is 36.4. The molecule has 3 unspecified atom stereocenters. The first kappa shape index (κ1) is 47.2. The van der Waals surface area contributed by atoms with Gasteiger partial charge in [0.05, 0.1) is 13.2 Å². The number of ether oxygens (including phenoxy) is 2. The maximum absolute atomic E-state index is 12.5. The fourth-order valence-corrected chi connectivity index (χ4v) is 5.95. The molecule has 49 heavy (non-hydrogen) atoms. The van der Waals surface area contributed by atoms with Gasteiger partial charge in [-0.25, -0.2) is 4.57 Å². The Morgan fingerprint density at radius 3 is 1.49 bits per heavy atom. The van der Waals surface area contributed by atoms with Crippen LogP contribution in [0.25, 0.3) is 0 Å². The summed E-state index contributed by atoms with van der Waals surface area (Å²) < 4.78 is 32.4. The number of carbonyl (C=O) groups excluding carboxylic acids is 2. The smallest absolute Gasteiger partial charge is 0.472 e. The SMILES string of the molecule is CCCCCCCCC/C=C\CCCCCCCCCC(=O)OC(COC(=O)CCCCCCCCC)COP(=O)(O)OCC(N)C(=O)O. The molecular weight excluding hydrogens is 649 g/mol. The number of allylic oxidation sites excluding steroid dienone is 2. The van der Waals surface area contributed by atoms with Gasteiger partial charge in [-0.2, -0.15) is 0 Å². The van der Waals surface area contributed by atoms with E-state index in [0.717, 1.165) is 44.9 Å². The van der Waals surface area contributed by atoms with Crippen molar-refractivity contribution in [2.75, 3.05) is 19.8 Å². The van der Waals surface area contributed by atoms with Crippen LogP contribution in [0.15, 0.2) is 12.2 Å². The Morgan fingerprint density at radius 2 is 1.02 bits per heavy atom. The summed E-state index contributed by atoms with van der Waals surface area (Å²) in [5, 5.41) is 8.84. The lowest BCUT2D eigenvalue weighted by Crippen LogP contribution is -2.34. The van der Waals surface area contributed by atoms with Gasteiger partial charge in [0.1, 0.15) is 12.6 Å². The fourth-order valence-electron chi connectivity index (χ4n) is 5.18. The molecule has 0 aliphatic heterocycles. The van der Waals surface area contributed by atoms with Crippen LogP contribution in [0.4, 0.5) is 0 Å². The van der Waals surface area contributed by atoms with Crippen molar-refractivity contribution in [2.24, 2.45) is 5.73 Å². The number of hydrogen-bond donors (Lipinski definition) is 3. The predicted octanol–water partition coefficient (Wildman–Crippen LogP) is 9.34. The maximum Gasteiger partial charge on any atom is 0.472 e. The summed E-state index contributed by atoms with van der Waals surface area (Å²) >= 11 is 0. The molecule has 0 aromatic carbocycles. The summed E-state index contributed by atoms with van der Waals surface area (Å²) in [7, 11) is -4.70. The summed E-state index contributed by atoms with van der Waals surface area (Å²) in [6.07, 6.45) is 30.2. The molecule has 12 heteroatoms. The highest BCUT2D eigenvalue weighted by Crippen LogP contribution is 2.43. The largest absolute Gasteiger partial charge is 0.480 e. The summed E-state index contributed by atoms with van der Waals surface area (Å²) in [5.74, 6) is -2.39. The third-order valence-corrected chi connectivity index (χ3v) is 9.21. The van der Waals surface area contributed by atoms with Crippen LogP contribution >= 0.6 is 7.82 Å². The van der Waals surface area contributed by atoms with Crippen molar-refractivity contribution in [1.82, 2.24) is 0 Å². The Kier molecular flexibility index (Phi) is 32.2. The lowest BCUT2D eigenvalue weighted by Gasteiger charge is -2.20. The van der Waals surface area contributed by atoms with Gasteiger partial charge in [0, 0.05) is 12.8 Å². The van der Waals surface area contributed by atoms with Crippen molar-refractivity contribution in [3.63, 3.8) is 0 Å². The molecular formula is C37H70NO10P. The minimum atomic E-state index is -4.70. The van der Waals surface area contributed by atoms with Crippen molar-refractivity contribution in [2.45, 2.75) is 187 Å². The van der Waals surface area contributed by atoms with Gasteiger partial charge in [-0.1, -0.05) is 135 Å². The number of nitrogens with two attached hydrogens (primary N) is 1. The van der Waals surface area contributed by atoms with Gasteiger partial charge < -0.3 is 25.2 Å². The number of esters is 2. The molecule has 3 atom stereocenters. The Morgan fingerprint density at radius 1 is 0.612 bits per heavy atom.